The fourth-order valence-electron chi connectivity index (χ4n) is 3.51. The minimum Gasteiger partial charge on any atom is -0.367 e. The zero-order valence-corrected chi connectivity index (χ0v) is 15.4. The molecule has 2 saturated heterocycles. The summed E-state index contributed by atoms with van der Waals surface area (Å²) >= 11 is 0. The molecule has 1 atom stereocenters. The first kappa shape index (κ1) is 18.2. The van der Waals surface area contributed by atoms with Crippen molar-refractivity contribution in [1.29, 1.82) is 0 Å². The number of hydrogen-bond acceptors (Lipinski definition) is 5. The van der Waals surface area contributed by atoms with Crippen LogP contribution < -0.4 is 14.9 Å². The number of carbonyl (C=O) groups is 1. The van der Waals surface area contributed by atoms with Crippen LogP contribution in [0.3, 0.4) is 0 Å². The molecule has 2 N–H and O–H groups in total. The number of nitrogens with one attached hydrogen (secondary N) is 2. The lowest BCUT2D eigenvalue weighted by Gasteiger charge is -2.38. The Morgan fingerprint density at radius 1 is 1.16 bits per heavy atom. The zero-order chi connectivity index (χ0) is 17.9. The van der Waals surface area contributed by atoms with Crippen LogP contribution in [-0.2, 0) is 14.8 Å². The number of benzene rings is 1. The van der Waals surface area contributed by atoms with Crippen LogP contribution in [0.25, 0.3) is 0 Å². The van der Waals surface area contributed by atoms with Crippen molar-refractivity contribution in [2.75, 3.05) is 44.7 Å². The van der Waals surface area contributed by atoms with Gasteiger partial charge in [-0.1, -0.05) is 18.6 Å². The minimum absolute atomic E-state index is 0.0581. The first-order chi connectivity index (χ1) is 12.0. The summed E-state index contributed by atoms with van der Waals surface area (Å²) in [5.41, 5.74) is 0.694. The first-order valence-electron chi connectivity index (χ1n) is 8.82. The van der Waals surface area contributed by atoms with Gasteiger partial charge in [-0.3, -0.25) is 4.79 Å². The van der Waals surface area contributed by atoms with Crippen LogP contribution >= 0.6 is 0 Å². The number of rotatable bonds is 4. The molecule has 3 rings (SSSR count). The van der Waals surface area contributed by atoms with E-state index in [-0.39, 0.29) is 16.8 Å². The van der Waals surface area contributed by atoms with E-state index in [0.29, 0.717) is 31.9 Å². The average Bonchev–Trinajstić information content (AvgIpc) is 2.68. The quantitative estimate of drug-likeness (QED) is 0.805. The van der Waals surface area contributed by atoms with Crippen LogP contribution in [0.1, 0.15) is 19.3 Å². The lowest BCUT2D eigenvalue weighted by molar-refractivity contribution is -0.134. The molecule has 1 aromatic carbocycles. The van der Waals surface area contributed by atoms with E-state index in [2.05, 4.69) is 10.0 Å². The van der Waals surface area contributed by atoms with Crippen LogP contribution in [0.5, 0.6) is 0 Å². The van der Waals surface area contributed by atoms with Gasteiger partial charge in [0.15, 0.2) is 0 Å². The largest absolute Gasteiger partial charge is 0.367 e. The van der Waals surface area contributed by atoms with Crippen LogP contribution in [0.2, 0.25) is 0 Å². The van der Waals surface area contributed by atoms with Crippen molar-refractivity contribution >= 4 is 21.6 Å². The SMILES string of the molecule is CNS(=O)(=O)c1ccccc1N1CCN(C(=O)[C@@H]2CCCCN2)CC1. The van der Waals surface area contributed by atoms with E-state index in [9.17, 15) is 13.2 Å². The Morgan fingerprint density at radius 3 is 2.52 bits per heavy atom. The molecule has 0 radical (unpaired) electrons. The highest BCUT2D eigenvalue weighted by Crippen LogP contribution is 2.26. The van der Waals surface area contributed by atoms with Crippen molar-refractivity contribution in [2.24, 2.45) is 0 Å². The lowest BCUT2D eigenvalue weighted by atomic mass is 10.0. The molecule has 7 nitrogen and oxygen atoms in total. The molecule has 0 bridgehead atoms. The number of amides is 1. The number of piperidine rings is 1. The average molecular weight is 366 g/mol. The van der Waals surface area contributed by atoms with Gasteiger partial charge in [-0.2, -0.15) is 0 Å². The Bertz CT molecular complexity index is 708. The molecule has 2 heterocycles. The van der Waals surface area contributed by atoms with Crippen molar-refractivity contribution in [3.8, 4) is 0 Å². The Kier molecular flexibility index (Phi) is 5.61. The number of carbonyl (C=O) groups excluding carboxylic acids is 1. The molecule has 8 heteroatoms. The van der Waals surface area contributed by atoms with E-state index in [4.69, 9.17) is 0 Å². The van der Waals surface area contributed by atoms with Gasteiger partial charge in [0, 0.05) is 26.2 Å². The smallest absolute Gasteiger partial charge is 0.242 e. The van der Waals surface area contributed by atoms with Gasteiger partial charge in [-0.15, -0.1) is 0 Å². The van der Waals surface area contributed by atoms with Crippen LogP contribution in [0.4, 0.5) is 5.69 Å². The van der Waals surface area contributed by atoms with E-state index in [1.807, 2.05) is 21.9 Å². The molecular weight excluding hydrogens is 340 g/mol. The molecule has 2 fully saturated rings. The summed E-state index contributed by atoms with van der Waals surface area (Å²) in [6, 6.07) is 6.95. The van der Waals surface area contributed by atoms with Crippen LogP contribution in [-0.4, -0.2) is 65.0 Å². The lowest BCUT2D eigenvalue weighted by Crippen LogP contribution is -2.55. The fraction of sp³-hybridized carbons (Fsp3) is 0.588. The Labute approximate surface area is 149 Å². The number of nitrogens with zero attached hydrogens (tertiary/aromatic N) is 2. The van der Waals surface area contributed by atoms with E-state index < -0.39 is 10.0 Å². The maximum atomic E-state index is 12.6. The van der Waals surface area contributed by atoms with Gasteiger partial charge in [0.2, 0.25) is 15.9 Å². The molecule has 0 unspecified atom stereocenters. The van der Waals surface area contributed by atoms with Gasteiger partial charge in [0.05, 0.1) is 11.7 Å². The van der Waals surface area contributed by atoms with Crippen molar-refractivity contribution in [1.82, 2.24) is 14.9 Å². The molecule has 1 aromatic rings. The molecule has 2 aliphatic heterocycles. The summed E-state index contributed by atoms with van der Waals surface area (Å²) < 4.78 is 26.8. The van der Waals surface area contributed by atoms with E-state index in [1.54, 1.807) is 12.1 Å². The standard InChI is InChI=1S/C17H26N4O3S/c1-18-25(23,24)16-8-3-2-7-15(16)20-10-12-21(13-11-20)17(22)14-6-4-5-9-19-14/h2-3,7-8,14,18-19H,4-6,9-13H2,1H3/t14-/m0/s1. The van der Waals surface area contributed by atoms with Gasteiger partial charge >= 0.3 is 0 Å². The van der Waals surface area contributed by atoms with Crippen LogP contribution in [0, 0.1) is 0 Å². The Hall–Kier alpha value is -1.64. The topological polar surface area (TPSA) is 81.8 Å². The third-order valence-electron chi connectivity index (χ3n) is 4.96. The van der Waals surface area contributed by atoms with Crippen LogP contribution in [0.15, 0.2) is 29.2 Å². The van der Waals surface area contributed by atoms with Gasteiger partial charge < -0.3 is 15.1 Å². The first-order valence-corrected chi connectivity index (χ1v) is 10.3. The van der Waals surface area contributed by atoms with Gasteiger partial charge in [0.25, 0.3) is 0 Å². The predicted octanol–water partition coefficient (Wildman–Crippen LogP) is 0.385. The molecule has 0 saturated carbocycles. The highest BCUT2D eigenvalue weighted by atomic mass is 32.2. The minimum atomic E-state index is -3.51. The number of piperazine rings is 1. The maximum absolute atomic E-state index is 12.6. The Balaban J connectivity index is 1.68. The summed E-state index contributed by atoms with van der Waals surface area (Å²) in [5, 5.41) is 3.30. The monoisotopic (exact) mass is 366 g/mol. The number of sulfonamides is 1. The summed E-state index contributed by atoms with van der Waals surface area (Å²) in [6.45, 7) is 3.41. The van der Waals surface area contributed by atoms with E-state index in [0.717, 1.165) is 25.8 Å². The summed E-state index contributed by atoms with van der Waals surface area (Å²) in [7, 11) is -2.09. The summed E-state index contributed by atoms with van der Waals surface area (Å²) in [5.74, 6) is 0.176. The third kappa shape index (κ3) is 3.96. The summed E-state index contributed by atoms with van der Waals surface area (Å²) in [4.78, 5) is 16.8. The highest BCUT2D eigenvalue weighted by Gasteiger charge is 2.29. The van der Waals surface area contributed by atoms with E-state index in [1.165, 1.54) is 7.05 Å². The van der Waals surface area contributed by atoms with Crippen molar-refractivity contribution in [3.63, 3.8) is 0 Å². The molecular formula is C17H26N4O3S. The Morgan fingerprint density at radius 2 is 1.88 bits per heavy atom. The second kappa shape index (κ2) is 7.72. The molecule has 1 amide bonds. The van der Waals surface area contributed by atoms with Crippen molar-refractivity contribution in [2.45, 2.75) is 30.2 Å². The molecule has 0 aliphatic carbocycles. The number of hydrogen-bond donors (Lipinski definition) is 2. The van der Waals surface area contributed by atoms with Gasteiger partial charge in [-0.05, 0) is 38.6 Å². The molecule has 138 valence electrons. The summed E-state index contributed by atoms with van der Waals surface area (Å²) in [6.07, 6.45) is 3.13. The number of anilines is 1. The third-order valence-corrected chi connectivity index (χ3v) is 6.43. The van der Waals surface area contributed by atoms with Crippen molar-refractivity contribution in [3.05, 3.63) is 24.3 Å². The maximum Gasteiger partial charge on any atom is 0.242 e. The van der Waals surface area contributed by atoms with Gasteiger partial charge in [-0.25, -0.2) is 13.1 Å². The normalized spacial score (nSPS) is 22.0. The van der Waals surface area contributed by atoms with E-state index >= 15 is 0 Å². The highest BCUT2D eigenvalue weighted by molar-refractivity contribution is 7.89. The molecule has 0 aromatic heterocycles. The molecule has 0 spiro atoms. The fourth-order valence-corrected chi connectivity index (χ4v) is 4.46. The molecule has 25 heavy (non-hydrogen) atoms. The zero-order valence-electron chi connectivity index (χ0n) is 14.6. The number of para-hydroxylation sites is 1. The second-order valence-electron chi connectivity index (χ2n) is 6.49. The second-order valence-corrected chi connectivity index (χ2v) is 8.35. The van der Waals surface area contributed by atoms with Gasteiger partial charge in [0.1, 0.15) is 4.90 Å². The predicted molar refractivity (Wildman–Crippen MR) is 97.1 cm³/mol. The molecule has 2 aliphatic rings. The van der Waals surface area contributed by atoms with Crippen molar-refractivity contribution < 1.29 is 13.2 Å².